The number of para-hydroxylation sites is 1. The predicted octanol–water partition coefficient (Wildman–Crippen LogP) is 4.30. The van der Waals surface area contributed by atoms with Gasteiger partial charge in [0.1, 0.15) is 17.6 Å². The highest BCUT2D eigenvalue weighted by Crippen LogP contribution is 2.32. The first-order valence-corrected chi connectivity index (χ1v) is 10.8. The first kappa shape index (κ1) is 22.6. The molecule has 3 aromatic rings. The summed E-state index contributed by atoms with van der Waals surface area (Å²) >= 11 is 1.26. The quantitative estimate of drug-likeness (QED) is 0.598. The zero-order valence-electron chi connectivity index (χ0n) is 18.6. The lowest BCUT2D eigenvalue weighted by atomic mass is 9.96. The molecular weight excluding hydrogens is 412 g/mol. The Bertz CT molecular complexity index is 1090. The summed E-state index contributed by atoms with van der Waals surface area (Å²) in [7, 11) is 3.48. The number of hydrogen-bond acceptors (Lipinski definition) is 5. The van der Waals surface area contributed by atoms with Crippen LogP contribution in [0.3, 0.4) is 0 Å². The molecule has 2 amide bonds. The third-order valence-corrected chi connectivity index (χ3v) is 6.04. The van der Waals surface area contributed by atoms with Gasteiger partial charge in [0.05, 0.1) is 17.0 Å². The van der Waals surface area contributed by atoms with Gasteiger partial charge in [0.2, 0.25) is 5.91 Å². The summed E-state index contributed by atoms with van der Waals surface area (Å²) in [5, 5.41) is 6.65. The molecule has 164 valence electrons. The molecule has 8 heteroatoms. The molecule has 0 radical (unpaired) electrons. The number of anilines is 1. The van der Waals surface area contributed by atoms with Gasteiger partial charge in [-0.1, -0.05) is 39.0 Å². The van der Waals surface area contributed by atoms with Gasteiger partial charge < -0.3 is 19.9 Å². The summed E-state index contributed by atoms with van der Waals surface area (Å²) in [6.45, 7) is 7.40. The van der Waals surface area contributed by atoms with E-state index in [0.717, 1.165) is 11.1 Å². The summed E-state index contributed by atoms with van der Waals surface area (Å²) in [5.41, 5.74) is 1.08. The molecule has 0 spiro atoms. The number of nitrogens with zero attached hydrogens (tertiary/aromatic N) is 2. The molecule has 1 aromatic carbocycles. The van der Waals surface area contributed by atoms with Gasteiger partial charge in [0, 0.05) is 30.4 Å². The van der Waals surface area contributed by atoms with Crippen LogP contribution in [0.4, 0.5) is 5.00 Å². The van der Waals surface area contributed by atoms with Crippen LogP contribution in [-0.2, 0) is 11.8 Å². The zero-order valence-corrected chi connectivity index (χ0v) is 19.5. The number of thiophene rings is 1. The third-order valence-electron chi connectivity index (χ3n) is 4.88. The summed E-state index contributed by atoms with van der Waals surface area (Å²) in [5.74, 6) is 1.02. The smallest absolute Gasteiger partial charge is 0.262 e. The Balaban J connectivity index is 1.92. The van der Waals surface area contributed by atoms with Crippen LogP contribution in [0.5, 0.6) is 5.75 Å². The Hall–Kier alpha value is -3.13. The number of nitrogens with one attached hydrogen (secondary N) is 2. The van der Waals surface area contributed by atoms with Crippen LogP contribution >= 0.6 is 11.3 Å². The monoisotopic (exact) mass is 440 g/mol. The van der Waals surface area contributed by atoms with Crippen LogP contribution in [0, 0.1) is 12.3 Å². The summed E-state index contributed by atoms with van der Waals surface area (Å²) in [6, 6.07) is 8.87. The van der Waals surface area contributed by atoms with Crippen molar-refractivity contribution in [3.63, 3.8) is 0 Å². The third kappa shape index (κ3) is 4.96. The zero-order chi connectivity index (χ0) is 22.8. The minimum atomic E-state index is -0.520. The van der Waals surface area contributed by atoms with Crippen molar-refractivity contribution in [1.82, 2.24) is 14.9 Å². The van der Waals surface area contributed by atoms with E-state index in [0.29, 0.717) is 21.5 Å². The van der Waals surface area contributed by atoms with Crippen molar-refractivity contribution in [2.75, 3.05) is 12.4 Å². The van der Waals surface area contributed by atoms with Crippen LogP contribution in [0.1, 0.15) is 53.4 Å². The van der Waals surface area contributed by atoms with E-state index < -0.39 is 11.5 Å². The first-order chi connectivity index (χ1) is 14.6. The number of methoxy groups -OCH3 is 1. The number of carbonyl (C=O) groups excluding carboxylic acids is 2. The van der Waals surface area contributed by atoms with E-state index in [2.05, 4.69) is 15.6 Å². The maximum Gasteiger partial charge on any atom is 0.262 e. The maximum absolute atomic E-state index is 13.3. The molecule has 0 saturated carbocycles. The second kappa shape index (κ2) is 8.93. The number of carbonyl (C=O) groups is 2. The van der Waals surface area contributed by atoms with Crippen LogP contribution < -0.4 is 15.4 Å². The Morgan fingerprint density at radius 1 is 1.23 bits per heavy atom. The normalized spacial score (nSPS) is 12.3. The fourth-order valence-electron chi connectivity index (χ4n) is 3.11. The summed E-state index contributed by atoms with van der Waals surface area (Å²) < 4.78 is 7.39. The van der Waals surface area contributed by atoms with Crippen molar-refractivity contribution >= 4 is 28.2 Å². The first-order valence-electron chi connectivity index (χ1n) is 9.94. The Morgan fingerprint density at radius 2 is 1.94 bits per heavy atom. The van der Waals surface area contributed by atoms with Crippen molar-refractivity contribution in [2.24, 2.45) is 12.5 Å². The molecular formula is C23H28N4O3S. The highest BCUT2D eigenvalue weighted by Gasteiger charge is 2.27. The lowest BCUT2D eigenvalue weighted by Gasteiger charge is -2.21. The Morgan fingerprint density at radius 3 is 2.55 bits per heavy atom. The summed E-state index contributed by atoms with van der Waals surface area (Å²) in [6.07, 6.45) is 3.53. The van der Waals surface area contributed by atoms with Gasteiger partial charge in [-0.25, -0.2) is 4.98 Å². The molecule has 2 aromatic heterocycles. The fraction of sp³-hybridized carbons (Fsp3) is 0.348. The number of aromatic nitrogens is 2. The van der Waals surface area contributed by atoms with Gasteiger partial charge >= 0.3 is 0 Å². The molecule has 0 bridgehead atoms. The largest absolute Gasteiger partial charge is 0.496 e. The van der Waals surface area contributed by atoms with Crippen molar-refractivity contribution in [2.45, 2.75) is 33.7 Å². The van der Waals surface area contributed by atoms with Crippen molar-refractivity contribution in [1.29, 1.82) is 0 Å². The van der Waals surface area contributed by atoms with Gasteiger partial charge in [-0.2, -0.15) is 0 Å². The number of benzene rings is 1. The molecule has 0 saturated heterocycles. The second-order valence-corrected chi connectivity index (χ2v) is 9.42. The van der Waals surface area contributed by atoms with Crippen LogP contribution in [0.2, 0.25) is 0 Å². The highest BCUT2D eigenvalue weighted by molar-refractivity contribution is 7.18. The second-order valence-electron chi connectivity index (χ2n) is 8.37. The van der Waals surface area contributed by atoms with Gasteiger partial charge in [-0.3, -0.25) is 9.59 Å². The summed E-state index contributed by atoms with van der Waals surface area (Å²) in [4.78, 5) is 30.6. The molecule has 31 heavy (non-hydrogen) atoms. The molecule has 2 N–H and O–H groups in total. The van der Waals surface area contributed by atoms with E-state index in [1.807, 2.05) is 75.8 Å². The number of amides is 2. The Kier molecular flexibility index (Phi) is 6.50. The molecule has 2 heterocycles. The average molecular weight is 441 g/mol. The average Bonchev–Trinajstić information content (AvgIpc) is 3.30. The van der Waals surface area contributed by atoms with Crippen molar-refractivity contribution in [3.05, 3.63) is 64.6 Å². The SMILES string of the molecule is COc1ccccc1C(NC(=O)c1sc(NC(=O)C(C)(C)C)cc1C)c1nccn1C. The standard InChI is InChI=1S/C23H28N4O3S/c1-14-13-17(25-22(29)23(2,3)4)31-19(14)21(28)26-18(20-24-11-12-27(20)5)15-9-7-8-10-16(15)30-6/h7-13,18H,1-6H3,(H,25,29)(H,26,28). The van der Waals surface area contributed by atoms with E-state index in [4.69, 9.17) is 4.74 Å². The molecule has 0 aliphatic rings. The Labute approximate surface area is 186 Å². The van der Waals surface area contributed by atoms with E-state index in [9.17, 15) is 9.59 Å². The van der Waals surface area contributed by atoms with Gasteiger partial charge in [0.25, 0.3) is 5.91 Å². The van der Waals surface area contributed by atoms with Crippen molar-refractivity contribution < 1.29 is 14.3 Å². The number of imidazole rings is 1. The molecule has 7 nitrogen and oxygen atoms in total. The lowest BCUT2D eigenvalue weighted by molar-refractivity contribution is -0.123. The van der Waals surface area contributed by atoms with Crippen molar-refractivity contribution in [3.8, 4) is 5.75 Å². The van der Waals surface area contributed by atoms with Crippen LogP contribution in [0.15, 0.2) is 42.7 Å². The topological polar surface area (TPSA) is 85.2 Å². The minimum Gasteiger partial charge on any atom is -0.496 e. The maximum atomic E-state index is 13.3. The number of ether oxygens (including phenoxy) is 1. The van der Waals surface area contributed by atoms with Gasteiger partial charge in [-0.15, -0.1) is 11.3 Å². The van der Waals surface area contributed by atoms with Gasteiger partial charge in [0.15, 0.2) is 0 Å². The highest BCUT2D eigenvalue weighted by atomic mass is 32.1. The number of aryl methyl sites for hydroxylation is 2. The molecule has 0 fully saturated rings. The van der Waals surface area contributed by atoms with E-state index in [-0.39, 0.29) is 11.8 Å². The number of hydrogen-bond donors (Lipinski definition) is 2. The molecule has 0 aliphatic heterocycles. The van der Waals surface area contributed by atoms with Crippen LogP contribution in [-0.4, -0.2) is 28.5 Å². The molecule has 3 rings (SSSR count). The lowest BCUT2D eigenvalue weighted by Crippen LogP contribution is -2.31. The molecule has 0 aliphatic carbocycles. The van der Waals surface area contributed by atoms with E-state index in [1.54, 1.807) is 13.3 Å². The number of rotatable bonds is 6. The van der Waals surface area contributed by atoms with E-state index >= 15 is 0 Å². The minimum absolute atomic E-state index is 0.0967. The fourth-order valence-corrected chi connectivity index (χ4v) is 4.08. The molecule has 1 atom stereocenters. The predicted molar refractivity (Wildman–Crippen MR) is 123 cm³/mol. The van der Waals surface area contributed by atoms with Gasteiger partial charge in [-0.05, 0) is 24.6 Å². The molecule has 1 unspecified atom stereocenters. The van der Waals surface area contributed by atoms with Crippen LogP contribution in [0.25, 0.3) is 0 Å². The van der Waals surface area contributed by atoms with E-state index in [1.165, 1.54) is 11.3 Å².